The smallest absolute Gasteiger partial charge is 0.305 e. The van der Waals surface area contributed by atoms with E-state index in [-0.39, 0.29) is 5.97 Å². The Morgan fingerprint density at radius 1 is 0.667 bits per heavy atom. The maximum absolute atomic E-state index is 11.7. The lowest BCUT2D eigenvalue weighted by Crippen LogP contribution is -2.13. The second kappa shape index (κ2) is 22.0. The molecule has 0 heterocycles. The minimum absolute atomic E-state index is 0.119. The van der Waals surface area contributed by atoms with Gasteiger partial charge < -0.3 is 24.7 Å². The number of hydrogen-bond donors (Lipinski definition) is 1. The second-order valence-corrected chi connectivity index (χ2v) is 8.50. The quantitative estimate of drug-likeness (QED) is 0.116. The van der Waals surface area contributed by atoms with Crippen molar-refractivity contribution in [1.82, 2.24) is 0 Å². The predicted molar refractivity (Wildman–Crippen MR) is 135 cm³/mol. The first-order valence-corrected chi connectivity index (χ1v) is 13.0. The molecule has 0 unspecified atom stereocenters. The molecule has 6 nitrogen and oxygen atoms in total. The fraction of sp³-hybridized carbons (Fsp3) is 0.741. The highest BCUT2D eigenvalue weighted by Crippen LogP contribution is 2.14. The van der Waals surface area contributed by atoms with Crippen molar-refractivity contribution < 1.29 is 23.7 Å². The Labute approximate surface area is 201 Å². The summed E-state index contributed by atoms with van der Waals surface area (Å²) in [6.45, 7) is 5.70. The number of carbonyl (C=O) groups excluding carboxylic acids is 1. The Morgan fingerprint density at radius 2 is 1.21 bits per heavy atom. The van der Waals surface area contributed by atoms with Gasteiger partial charge in [0.05, 0.1) is 26.4 Å². The van der Waals surface area contributed by atoms with E-state index in [1.54, 1.807) is 0 Å². The molecule has 0 saturated carbocycles. The van der Waals surface area contributed by atoms with Crippen LogP contribution in [-0.2, 0) is 19.0 Å². The SMILES string of the molecule is CCCCCCOCCOCCOC(=O)CCCCCCCCCCOc1ccc(N)cc1. The molecule has 2 N–H and O–H groups in total. The van der Waals surface area contributed by atoms with Gasteiger partial charge in [0.1, 0.15) is 12.4 Å². The molecule has 0 aliphatic rings. The normalized spacial score (nSPS) is 10.9. The number of benzene rings is 1. The first-order chi connectivity index (χ1) is 16.2. The molecule has 0 spiro atoms. The van der Waals surface area contributed by atoms with Crippen molar-refractivity contribution in [3.8, 4) is 5.75 Å². The maximum atomic E-state index is 11.7. The minimum atomic E-state index is -0.119. The zero-order chi connectivity index (χ0) is 23.8. The van der Waals surface area contributed by atoms with Gasteiger partial charge in [0.15, 0.2) is 0 Å². The van der Waals surface area contributed by atoms with E-state index in [9.17, 15) is 4.79 Å². The van der Waals surface area contributed by atoms with Gasteiger partial charge in [-0.15, -0.1) is 0 Å². The predicted octanol–water partition coefficient (Wildman–Crippen LogP) is 6.32. The topological polar surface area (TPSA) is 80.0 Å². The molecule has 0 aliphatic heterocycles. The van der Waals surface area contributed by atoms with Crippen LogP contribution in [0.15, 0.2) is 24.3 Å². The number of unbranched alkanes of at least 4 members (excludes halogenated alkanes) is 10. The average Bonchev–Trinajstić information content (AvgIpc) is 2.82. The highest BCUT2D eigenvalue weighted by Gasteiger charge is 2.03. The third-order valence-electron chi connectivity index (χ3n) is 5.43. The lowest BCUT2D eigenvalue weighted by Gasteiger charge is -2.07. The third kappa shape index (κ3) is 19.4. The van der Waals surface area contributed by atoms with Crippen molar-refractivity contribution in [3.05, 3.63) is 24.3 Å². The van der Waals surface area contributed by atoms with Crippen molar-refractivity contribution in [2.45, 2.75) is 90.4 Å². The number of ether oxygens (including phenoxy) is 4. The van der Waals surface area contributed by atoms with E-state index in [0.717, 1.165) is 50.3 Å². The van der Waals surface area contributed by atoms with Crippen molar-refractivity contribution in [3.63, 3.8) is 0 Å². The van der Waals surface area contributed by atoms with Crippen LogP contribution in [0.1, 0.15) is 90.4 Å². The van der Waals surface area contributed by atoms with Crippen LogP contribution in [0.2, 0.25) is 0 Å². The van der Waals surface area contributed by atoms with Crippen LogP contribution in [0.4, 0.5) is 5.69 Å². The molecule has 0 amide bonds. The van der Waals surface area contributed by atoms with Gasteiger partial charge in [-0.2, -0.15) is 0 Å². The Balaban J connectivity index is 1.75. The number of carbonyl (C=O) groups is 1. The van der Waals surface area contributed by atoms with Crippen LogP contribution < -0.4 is 10.5 Å². The molecule has 0 fully saturated rings. The van der Waals surface area contributed by atoms with Crippen LogP contribution in [0.3, 0.4) is 0 Å². The van der Waals surface area contributed by atoms with Gasteiger partial charge in [-0.1, -0.05) is 64.7 Å². The van der Waals surface area contributed by atoms with Crippen LogP contribution in [0, 0.1) is 0 Å². The van der Waals surface area contributed by atoms with E-state index in [4.69, 9.17) is 24.7 Å². The maximum Gasteiger partial charge on any atom is 0.305 e. The summed E-state index contributed by atoms with van der Waals surface area (Å²) in [6.07, 6.45) is 14.5. The summed E-state index contributed by atoms with van der Waals surface area (Å²) in [5.41, 5.74) is 6.42. The minimum Gasteiger partial charge on any atom is -0.494 e. The van der Waals surface area contributed by atoms with Crippen LogP contribution in [0.5, 0.6) is 5.75 Å². The third-order valence-corrected chi connectivity index (χ3v) is 5.43. The summed E-state index contributed by atoms with van der Waals surface area (Å²) in [7, 11) is 0. The first-order valence-electron chi connectivity index (χ1n) is 13.0. The highest BCUT2D eigenvalue weighted by molar-refractivity contribution is 5.69. The van der Waals surface area contributed by atoms with Crippen LogP contribution in [0.25, 0.3) is 0 Å². The van der Waals surface area contributed by atoms with Gasteiger partial charge in [-0.05, 0) is 43.5 Å². The summed E-state index contributed by atoms with van der Waals surface area (Å²) in [6, 6.07) is 7.54. The number of esters is 1. The molecule has 1 aromatic carbocycles. The summed E-state index contributed by atoms with van der Waals surface area (Å²) >= 11 is 0. The lowest BCUT2D eigenvalue weighted by molar-refractivity contribution is -0.145. The van der Waals surface area contributed by atoms with Gasteiger partial charge in [0.2, 0.25) is 0 Å². The van der Waals surface area contributed by atoms with Gasteiger partial charge in [-0.25, -0.2) is 0 Å². The summed E-state index contributed by atoms with van der Waals surface area (Å²) in [5, 5.41) is 0. The fourth-order valence-electron chi connectivity index (χ4n) is 3.43. The van der Waals surface area contributed by atoms with E-state index < -0.39 is 0 Å². The number of anilines is 1. The molecule has 0 atom stereocenters. The molecule has 0 bridgehead atoms. The van der Waals surface area contributed by atoms with Gasteiger partial charge in [-0.3, -0.25) is 4.79 Å². The van der Waals surface area contributed by atoms with Crippen LogP contribution in [-0.4, -0.2) is 45.6 Å². The van der Waals surface area contributed by atoms with Gasteiger partial charge >= 0.3 is 5.97 Å². The molecule has 0 aliphatic carbocycles. The standard InChI is InChI=1S/C27H47NO5/c1-2-3-4-12-19-30-21-22-31-23-24-33-27(29)14-11-9-7-5-6-8-10-13-20-32-26-17-15-25(28)16-18-26/h15-18H,2-14,19-24,28H2,1H3. The van der Waals surface area contributed by atoms with E-state index in [1.807, 2.05) is 24.3 Å². The molecule has 190 valence electrons. The fourth-order valence-corrected chi connectivity index (χ4v) is 3.43. The molecule has 1 rings (SSSR count). The van der Waals surface area contributed by atoms with Crippen LogP contribution >= 0.6 is 0 Å². The van der Waals surface area contributed by atoms with Gasteiger partial charge in [0.25, 0.3) is 0 Å². The Kier molecular flexibility index (Phi) is 19.5. The van der Waals surface area contributed by atoms with E-state index in [2.05, 4.69) is 6.92 Å². The second-order valence-electron chi connectivity index (χ2n) is 8.50. The molecule has 1 aromatic rings. The zero-order valence-corrected chi connectivity index (χ0v) is 20.9. The van der Waals surface area contributed by atoms with Crippen molar-refractivity contribution in [2.24, 2.45) is 0 Å². The van der Waals surface area contributed by atoms with E-state index in [0.29, 0.717) is 32.8 Å². The largest absolute Gasteiger partial charge is 0.494 e. The van der Waals surface area contributed by atoms with Gasteiger partial charge in [0, 0.05) is 18.7 Å². The zero-order valence-electron chi connectivity index (χ0n) is 20.9. The van der Waals surface area contributed by atoms with Crippen molar-refractivity contribution >= 4 is 11.7 Å². The number of nitrogen functional groups attached to an aromatic ring is 1. The Morgan fingerprint density at radius 3 is 1.91 bits per heavy atom. The molecule has 6 heteroatoms. The average molecular weight is 466 g/mol. The molecule has 0 aromatic heterocycles. The lowest BCUT2D eigenvalue weighted by atomic mass is 10.1. The summed E-state index contributed by atoms with van der Waals surface area (Å²) < 4.78 is 21.8. The number of hydrogen-bond acceptors (Lipinski definition) is 6. The molecule has 33 heavy (non-hydrogen) atoms. The summed E-state index contributed by atoms with van der Waals surface area (Å²) in [5.74, 6) is 0.764. The summed E-state index contributed by atoms with van der Waals surface area (Å²) in [4.78, 5) is 11.7. The Hall–Kier alpha value is -1.79. The van der Waals surface area contributed by atoms with E-state index in [1.165, 1.54) is 51.4 Å². The van der Waals surface area contributed by atoms with Crippen molar-refractivity contribution in [2.75, 3.05) is 45.4 Å². The van der Waals surface area contributed by atoms with E-state index >= 15 is 0 Å². The Bertz CT molecular complexity index is 564. The molecular weight excluding hydrogens is 418 g/mol. The number of nitrogens with two attached hydrogens (primary N) is 1. The molecule has 0 saturated heterocycles. The molecule has 0 radical (unpaired) electrons. The van der Waals surface area contributed by atoms with Crippen molar-refractivity contribution in [1.29, 1.82) is 0 Å². The highest BCUT2D eigenvalue weighted by atomic mass is 16.6. The molecular formula is C27H47NO5. The first kappa shape index (κ1) is 29.2. The monoisotopic (exact) mass is 465 g/mol. The number of rotatable bonds is 23.